The van der Waals surface area contributed by atoms with Crippen LogP contribution in [0.4, 0.5) is 0 Å². The van der Waals surface area contributed by atoms with Crippen molar-refractivity contribution in [3.63, 3.8) is 0 Å². The van der Waals surface area contributed by atoms with Gasteiger partial charge in [0.2, 0.25) is 11.7 Å². The first kappa shape index (κ1) is 20.2. The number of aryl methyl sites for hydroxylation is 1. The van der Waals surface area contributed by atoms with Crippen LogP contribution in [0.25, 0.3) is 0 Å². The van der Waals surface area contributed by atoms with Gasteiger partial charge in [0.25, 0.3) is 0 Å². The number of carbonyl (C=O) groups is 2. The highest BCUT2D eigenvalue weighted by molar-refractivity contribution is 7.99. The first-order chi connectivity index (χ1) is 12.5. The van der Waals surface area contributed by atoms with E-state index in [1.165, 1.54) is 21.3 Å². The standard InChI is InChI=1S/C18H25NO6S/c1-23-13-10-12(11-14(24-2)16(13)25-3)4-5-15(20)19-18(17(21)22)6-8-26-9-7-18/h10-11H,4-9H2,1-3H3,(H,19,20)(H,21,22). The zero-order valence-electron chi connectivity index (χ0n) is 15.3. The predicted molar refractivity (Wildman–Crippen MR) is 99.5 cm³/mol. The van der Waals surface area contributed by atoms with Crippen molar-refractivity contribution in [2.45, 2.75) is 31.2 Å². The van der Waals surface area contributed by atoms with Crippen molar-refractivity contribution >= 4 is 23.6 Å². The summed E-state index contributed by atoms with van der Waals surface area (Å²) < 4.78 is 15.9. The molecule has 7 nitrogen and oxygen atoms in total. The van der Waals surface area contributed by atoms with Crippen LogP contribution in [0.15, 0.2) is 12.1 Å². The maximum atomic E-state index is 12.4. The highest BCUT2D eigenvalue weighted by Crippen LogP contribution is 2.38. The van der Waals surface area contributed by atoms with Gasteiger partial charge in [-0.05, 0) is 48.5 Å². The number of thioether (sulfide) groups is 1. The smallest absolute Gasteiger partial charge is 0.329 e. The Morgan fingerprint density at radius 2 is 1.69 bits per heavy atom. The lowest BCUT2D eigenvalue weighted by Gasteiger charge is -2.33. The molecule has 0 atom stereocenters. The molecule has 144 valence electrons. The van der Waals surface area contributed by atoms with Gasteiger partial charge in [0.05, 0.1) is 21.3 Å². The first-order valence-electron chi connectivity index (χ1n) is 8.37. The molecule has 1 aliphatic heterocycles. The van der Waals surface area contributed by atoms with Gasteiger partial charge in [0.15, 0.2) is 11.5 Å². The number of rotatable bonds is 8. The third-order valence-electron chi connectivity index (χ3n) is 4.50. The number of hydrogen-bond donors (Lipinski definition) is 2. The minimum Gasteiger partial charge on any atom is -0.493 e. The molecule has 1 fully saturated rings. The molecule has 1 amide bonds. The third-order valence-corrected chi connectivity index (χ3v) is 5.49. The third kappa shape index (κ3) is 4.55. The fraction of sp³-hybridized carbons (Fsp3) is 0.556. The highest BCUT2D eigenvalue weighted by atomic mass is 32.2. The lowest BCUT2D eigenvalue weighted by atomic mass is 9.92. The van der Waals surface area contributed by atoms with Crippen LogP contribution in [0.2, 0.25) is 0 Å². The Balaban J connectivity index is 2.05. The summed E-state index contributed by atoms with van der Waals surface area (Å²) in [5.41, 5.74) is -0.296. The van der Waals surface area contributed by atoms with Gasteiger partial charge in [-0.25, -0.2) is 4.79 Å². The van der Waals surface area contributed by atoms with Gasteiger partial charge in [0, 0.05) is 6.42 Å². The summed E-state index contributed by atoms with van der Waals surface area (Å²) >= 11 is 1.71. The number of carboxylic acid groups (broad SMARTS) is 1. The van der Waals surface area contributed by atoms with Crippen LogP contribution in [0.3, 0.4) is 0 Å². The van der Waals surface area contributed by atoms with Crippen molar-refractivity contribution in [2.75, 3.05) is 32.8 Å². The van der Waals surface area contributed by atoms with E-state index in [-0.39, 0.29) is 12.3 Å². The number of hydrogen-bond acceptors (Lipinski definition) is 6. The molecule has 0 bridgehead atoms. The summed E-state index contributed by atoms with van der Waals surface area (Å²) in [6.45, 7) is 0. The SMILES string of the molecule is COc1cc(CCC(=O)NC2(C(=O)O)CCSCC2)cc(OC)c1OC. The van der Waals surface area contributed by atoms with E-state index < -0.39 is 11.5 Å². The molecule has 0 saturated carbocycles. The van der Waals surface area contributed by atoms with E-state index in [0.29, 0.717) is 36.5 Å². The normalized spacial score (nSPS) is 15.8. The van der Waals surface area contributed by atoms with Crippen molar-refractivity contribution in [1.82, 2.24) is 5.32 Å². The molecule has 1 heterocycles. The Kier molecular flexibility index (Phi) is 7.02. The number of carboxylic acids is 1. The van der Waals surface area contributed by atoms with Crippen molar-refractivity contribution in [3.05, 3.63) is 17.7 Å². The number of benzene rings is 1. The van der Waals surface area contributed by atoms with Crippen molar-refractivity contribution in [1.29, 1.82) is 0 Å². The first-order valence-corrected chi connectivity index (χ1v) is 9.52. The zero-order valence-corrected chi connectivity index (χ0v) is 16.1. The van der Waals surface area contributed by atoms with Crippen LogP contribution in [0, 0.1) is 0 Å². The average molecular weight is 383 g/mol. The second-order valence-corrected chi connectivity index (χ2v) is 7.31. The van der Waals surface area contributed by atoms with E-state index in [9.17, 15) is 14.7 Å². The molecule has 1 aliphatic rings. The summed E-state index contributed by atoms with van der Waals surface area (Å²) in [5.74, 6) is 1.78. The molecule has 0 radical (unpaired) electrons. The molecule has 1 aromatic rings. The number of methoxy groups -OCH3 is 3. The minimum absolute atomic E-state index is 0.181. The Hall–Kier alpha value is -2.09. The molecule has 2 N–H and O–H groups in total. The van der Waals surface area contributed by atoms with Crippen LogP contribution in [-0.2, 0) is 16.0 Å². The summed E-state index contributed by atoms with van der Waals surface area (Å²) in [7, 11) is 4.60. The van der Waals surface area contributed by atoms with E-state index in [2.05, 4.69) is 5.32 Å². The minimum atomic E-state index is -1.14. The lowest BCUT2D eigenvalue weighted by Crippen LogP contribution is -2.56. The van der Waals surface area contributed by atoms with Crippen LogP contribution in [-0.4, -0.2) is 55.4 Å². The number of carbonyl (C=O) groups excluding carboxylic acids is 1. The molecule has 2 rings (SSSR count). The second-order valence-electron chi connectivity index (χ2n) is 6.08. The van der Waals surface area contributed by atoms with Crippen LogP contribution in [0.1, 0.15) is 24.8 Å². The summed E-state index contributed by atoms with van der Waals surface area (Å²) in [4.78, 5) is 24.0. The molecule has 26 heavy (non-hydrogen) atoms. The van der Waals surface area contributed by atoms with E-state index in [1.54, 1.807) is 23.9 Å². The van der Waals surface area contributed by atoms with E-state index >= 15 is 0 Å². The lowest BCUT2D eigenvalue weighted by molar-refractivity contribution is -0.148. The molecular formula is C18H25NO6S. The zero-order chi connectivity index (χ0) is 19.2. The highest BCUT2D eigenvalue weighted by Gasteiger charge is 2.41. The van der Waals surface area contributed by atoms with E-state index in [0.717, 1.165) is 17.1 Å². The molecule has 1 aromatic carbocycles. The van der Waals surface area contributed by atoms with Crippen molar-refractivity contribution in [3.8, 4) is 17.2 Å². The number of aliphatic carboxylic acids is 1. The van der Waals surface area contributed by atoms with Crippen LogP contribution < -0.4 is 19.5 Å². The molecular weight excluding hydrogens is 358 g/mol. The van der Waals surface area contributed by atoms with Crippen molar-refractivity contribution < 1.29 is 28.9 Å². The van der Waals surface area contributed by atoms with Gasteiger partial charge < -0.3 is 24.6 Å². The predicted octanol–water partition coefficient (Wildman–Crippen LogP) is 2.11. The van der Waals surface area contributed by atoms with Gasteiger partial charge in [-0.2, -0.15) is 11.8 Å². The summed E-state index contributed by atoms with van der Waals surface area (Å²) in [6, 6.07) is 3.58. The Labute approximate surface area is 157 Å². The van der Waals surface area contributed by atoms with Crippen molar-refractivity contribution in [2.24, 2.45) is 0 Å². The average Bonchev–Trinajstić information content (AvgIpc) is 2.65. The summed E-state index contributed by atoms with van der Waals surface area (Å²) in [6.07, 6.45) is 1.51. The molecule has 0 spiro atoms. The van der Waals surface area contributed by atoms with Gasteiger partial charge in [-0.3, -0.25) is 4.79 Å². The maximum absolute atomic E-state index is 12.4. The largest absolute Gasteiger partial charge is 0.493 e. The number of amides is 1. The molecule has 0 unspecified atom stereocenters. The molecule has 8 heteroatoms. The Morgan fingerprint density at radius 3 is 2.15 bits per heavy atom. The Bertz CT molecular complexity index is 632. The number of nitrogens with one attached hydrogen (secondary N) is 1. The molecule has 1 saturated heterocycles. The van der Waals surface area contributed by atoms with Gasteiger partial charge in [-0.1, -0.05) is 0 Å². The maximum Gasteiger partial charge on any atom is 0.329 e. The second kappa shape index (κ2) is 9.02. The van der Waals surface area contributed by atoms with Crippen LogP contribution >= 0.6 is 11.8 Å². The molecule has 0 aromatic heterocycles. The fourth-order valence-electron chi connectivity index (χ4n) is 2.98. The molecule has 0 aliphatic carbocycles. The van der Waals surface area contributed by atoms with E-state index in [1.807, 2.05) is 0 Å². The van der Waals surface area contributed by atoms with Crippen LogP contribution in [0.5, 0.6) is 17.2 Å². The fourth-order valence-corrected chi connectivity index (χ4v) is 4.17. The quantitative estimate of drug-likeness (QED) is 0.710. The monoisotopic (exact) mass is 383 g/mol. The van der Waals surface area contributed by atoms with Gasteiger partial charge in [-0.15, -0.1) is 0 Å². The number of ether oxygens (including phenoxy) is 3. The van der Waals surface area contributed by atoms with Gasteiger partial charge in [0.1, 0.15) is 5.54 Å². The summed E-state index contributed by atoms with van der Waals surface area (Å²) in [5, 5.41) is 12.3. The topological polar surface area (TPSA) is 94.1 Å². The Morgan fingerprint density at radius 1 is 1.12 bits per heavy atom. The van der Waals surface area contributed by atoms with Gasteiger partial charge >= 0.3 is 5.97 Å². The van der Waals surface area contributed by atoms with E-state index in [4.69, 9.17) is 14.2 Å².